The highest BCUT2D eigenvalue weighted by Crippen LogP contribution is 2.29. The summed E-state index contributed by atoms with van der Waals surface area (Å²) >= 11 is 6.01. The number of sulfonamides is 1. The zero-order valence-electron chi connectivity index (χ0n) is 15.9. The molecule has 0 heterocycles. The fourth-order valence-corrected chi connectivity index (χ4v) is 3.53. The lowest BCUT2D eigenvalue weighted by Crippen LogP contribution is -2.18. The number of hydrogen-bond acceptors (Lipinski definition) is 5. The zero-order chi connectivity index (χ0) is 21.6. The lowest BCUT2D eigenvalue weighted by molar-refractivity contribution is 0.284. The Kier molecular flexibility index (Phi) is 6.91. The van der Waals surface area contributed by atoms with Gasteiger partial charge in [0, 0.05) is 5.56 Å². The van der Waals surface area contributed by atoms with Crippen molar-refractivity contribution >= 4 is 27.8 Å². The van der Waals surface area contributed by atoms with Crippen molar-refractivity contribution in [1.82, 2.24) is 4.83 Å². The number of ether oxygens (including phenoxy) is 2. The molecule has 0 amide bonds. The third-order valence-corrected chi connectivity index (χ3v) is 5.62. The fraction of sp³-hybridized carbons (Fsp3) is 0.0952. The van der Waals surface area contributed by atoms with Crippen molar-refractivity contribution < 1.29 is 22.3 Å². The molecule has 0 aromatic heterocycles. The van der Waals surface area contributed by atoms with E-state index in [0.29, 0.717) is 22.6 Å². The number of hydrazone groups is 1. The van der Waals surface area contributed by atoms with Gasteiger partial charge in [-0.15, -0.1) is 0 Å². The first-order valence-electron chi connectivity index (χ1n) is 8.74. The average molecular weight is 449 g/mol. The van der Waals surface area contributed by atoms with Crippen molar-refractivity contribution in [2.24, 2.45) is 5.10 Å². The van der Waals surface area contributed by atoms with Crippen LogP contribution < -0.4 is 14.3 Å². The third kappa shape index (κ3) is 5.49. The molecule has 0 saturated heterocycles. The molecule has 30 heavy (non-hydrogen) atoms. The molecule has 0 aliphatic heterocycles. The number of halogens is 2. The molecule has 3 aromatic carbocycles. The molecule has 9 heteroatoms. The molecule has 0 fully saturated rings. The normalized spacial score (nSPS) is 11.4. The van der Waals surface area contributed by atoms with Crippen LogP contribution in [-0.4, -0.2) is 21.7 Å². The summed E-state index contributed by atoms with van der Waals surface area (Å²) in [6.07, 6.45) is 1.35. The van der Waals surface area contributed by atoms with Gasteiger partial charge in [0.15, 0.2) is 11.5 Å². The highest BCUT2D eigenvalue weighted by Gasteiger charge is 2.11. The second-order valence-corrected chi connectivity index (χ2v) is 8.17. The topological polar surface area (TPSA) is 77.0 Å². The quantitative estimate of drug-likeness (QED) is 0.410. The summed E-state index contributed by atoms with van der Waals surface area (Å²) in [4.78, 5) is 2.27. The molecule has 3 aromatic rings. The molecule has 0 bridgehead atoms. The standard InChI is InChI=1S/C21H18ClFN2O4S/c1-28-21-11-15(13-24-25-30(26,27)18-5-3-2-4-6-18)7-10-20(21)29-14-16-8-9-17(23)12-19(16)22/h2-13,25H,14H2,1H3. The molecule has 0 saturated carbocycles. The molecule has 0 atom stereocenters. The number of methoxy groups -OCH3 is 1. The predicted octanol–water partition coefficient (Wildman–Crippen LogP) is 4.38. The Labute approximate surface area is 179 Å². The fourth-order valence-electron chi connectivity index (χ4n) is 2.50. The van der Waals surface area contributed by atoms with Gasteiger partial charge in [0.1, 0.15) is 12.4 Å². The van der Waals surface area contributed by atoms with E-state index in [0.717, 1.165) is 0 Å². The van der Waals surface area contributed by atoms with E-state index in [1.807, 2.05) is 0 Å². The molecule has 3 rings (SSSR count). The molecule has 0 spiro atoms. The van der Waals surface area contributed by atoms with Crippen LogP contribution in [0.4, 0.5) is 4.39 Å². The number of benzene rings is 3. The summed E-state index contributed by atoms with van der Waals surface area (Å²) in [6.45, 7) is 0.125. The summed E-state index contributed by atoms with van der Waals surface area (Å²) in [6, 6.07) is 17.0. The first-order chi connectivity index (χ1) is 14.4. The number of nitrogens with zero attached hydrogens (tertiary/aromatic N) is 1. The van der Waals surface area contributed by atoms with Crippen molar-refractivity contribution in [2.45, 2.75) is 11.5 Å². The monoisotopic (exact) mass is 448 g/mol. The molecule has 156 valence electrons. The van der Waals surface area contributed by atoms with Crippen LogP contribution in [0, 0.1) is 5.82 Å². The number of hydrogen-bond donors (Lipinski definition) is 1. The highest BCUT2D eigenvalue weighted by molar-refractivity contribution is 7.89. The minimum absolute atomic E-state index is 0.114. The van der Waals surface area contributed by atoms with E-state index in [2.05, 4.69) is 9.93 Å². The molecule has 6 nitrogen and oxygen atoms in total. The summed E-state index contributed by atoms with van der Waals surface area (Å²) in [5, 5.41) is 4.06. The van der Waals surface area contributed by atoms with Gasteiger partial charge < -0.3 is 9.47 Å². The Hall–Kier alpha value is -3.10. The number of nitrogens with one attached hydrogen (secondary N) is 1. The first kappa shape index (κ1) is 21.6. The van der Waals surface area contributed by atoms with E-state index in [-0.39, 0.29) is 16.5 Å². The Morgan fingerprint density at radius 2 is 1.83 bits per heavy atom. The number of rotatable bonds is 8. The Balaban J connectivity index is 1.68. The van der Waals surface area contributed by atoms with Crippen LogP contribution in [-0.2, 0) is 16.6 Å². The smallest absolute Gasteiger partial charge is 0.276 e. The highest BCUT2D eigenvalue weighted by atomic mass is 35.5. The van der Waals surface area contributed by atoms with Crippen molar-refractivity contribution in [3.63, 3.8) is 0 Å². The molecule has 0 aliphatic rings. The summed E-state index contributed by atoms with van der Waals surface area (Å²) in [5.74, 6) is 0.441. The zero-order valence-corrected chi connectivity index (χ0v) is 17.5. The lowest BCUT2D eigenvalue weighted by atomic mass is 10.2. The maximum absolute atomic E-state index is 13.1. The predicted molar refractivity (Wildman–Crippen MR) is 113 cm³/mol. The van der Waals surface area contributed by atoms with Crippen LogP contribution in [0.15, 0.2) is 76.7 Å². The minimum Gasteiger partial charge on any atom is -0.493 e. The molecular weight excluding hydrogens is 431 g/mol. The maximum Gasteiger partial charge on any atom is 0.276 e. The van der Waals surface area contributed by atoms with Gasteiger partial charge in [0.25, 0.3) is 10.0 Å². The third-order valence-electron chi connectivity index (χ3n) is 4.03. The van der Waals surface area contributed by atoms with Crippen molar-refractivity contribution in [3.05, 3.63) is 88.7 Å². The summed E-state index contributed by atoms with van der Waals surface area (Å²) in [7, 11) is -2.27. The van der Waals surface area contributed by atoms with Gasteiger partial charge in [-0.05, 0) is 48.0 Å². The van der Waals surface area contributed by atoms with Crippen LogP contribution in [0.25, 0.3) is 0 Å². The molecule has 1 N–H and O–H groups in total. The van der Waals surface area contributed by atoms with Crippen molar-refractivity contribution in [2.75, 3.05) is 7.11 Å². The Bertz CT molecular complexity index is 1150. The van der Waals surface area contributed by atoms with E-state index < -0.39 is 15.8 Å². The van der Waals surface area contributed by atoms with Crippen LogP contribution in [0.3, 0.4) is 0 Å². The molecule has 0 radical (unpaired) electrons. The van der Waals surface area contributed by atoms with Gasteiger partial charge in [0.2, 0.25) is 0 Å². The molecular formula is C21H18ClFN2O4S. The SMILES string of the molecule is COc1cc(C=NNS(=O)(=O)c2ccccc2)ccc1OCc1ccc(F)cc1Cl. The molecule has 0 unspecified atom stereocenters. The van der Waals surface area contributed by atoms with Gasteiger partial charge in [-0.1, -0.05) is 35.9 Å². The van der Waals surface area contributed by atoms with E-state index in [4.69, 9.17) is 21.1 Å². The summed E-state index contributed by atoms with van der Waals surface area (Å²) < 4.78 is 48.5. The molecule has 0 aliphatic carbocycles. The van der Waals surface area contributed by atoms with E-state index in [1.54, 1.807) is 42.5 Å². The average Bonchev–Trinajstić information content (AvgIpc) is 2.74. The second-order valence-electron chi connectivity index (χ2n) is 6.10. The van der Waals surface area contributed by atoms with Crippen LogP contribution in [0.5, 0.6) is 11.5 Å². The van der Waals surface area contributed by atoms with Crippen LogP contribution in [0.2, 0.25) is 5.02 Å². The minimum atomic E-state index is -3.74. The van der Waals surface area contributed by atoms with Gasteiger partial charge in [-0.3, -0.25) is 0 Å². The van der Waals surface area contributed by atoms with Crippen LogP contribution >= 0.6 is 11.6 Å². The van der Waals surface area contributed by atoms with Gasteiger partial charge in [-0.2, -0.15) is 13.5 Å². The Morgan fingerprint density at radius 3 is 2.53 bits per heavy atom. The van der Waals surface area contributed by atoms with Gasteiger partial charge in [-0.25, -0.2) is 9.22 Å². The lowest BCUT2D eigenvalue weighted by Gasteiger charge is -2.12. The van der Waals surface area contributed by atoms with Crippen molar-refractivity contribution in [3.8, 4) is 11.5 Å². The van der Waals surface area contributed by atoms with E-state index >= 15 is 0 Å². The second kappa shape index (κ2) is 9.60. The first-order valence-corrected chi connectivity index (χ1v) is 10.6. The summed E-state index contributed by atoms with van der Waals surface area (Å²) in [5.41, 5.74) is 1.22. The van der Waals surface area contributed by atoms with Crippen LogP contribution in [0.1, 0.15) is 11.1 Å². The Morgan fingerprint density at radius 1 is 1.07 bits per heavy atom. The maximum atomic E-state index is 13.1. The van der Waals surface area contributed by atoms with E-state index in [9.17, 15) is 12.8 Å². The van der Waals surface area contributed by atoms with Gasteiger partial charge >= 0.3 is 0 Å². The van der Waals surface area contributed by atoms with Gasteiger partial charge in [0.05, 0.1) is 23.2 Å². The largest absolute Gasteiger partial charge is 0.493 e. The van der Waals surface area contributed by atoms with Crippen molar-refractivity contribution in [1.29, 1.82) is 0 Å². The van der Waals surface area contributed by atoms with E-state index in [1.165, 1.54) is 37.6 Å².